The molecular formula is C17H20ClN3O3S. The second-order valence-electron chi connectivity index (χ2n) is 5.71. The molecule has 0 bridgehead atoms. The number of hydrogen-bond donors (Lipinski definition) is 1. The minimum Gasteiger partial charge on any atom is -0.378 e. The maximum Gasteiger partial charge on any atom is 0.245 e. The van der Waals surface area contributed by atoms with Crippen LogP contribution in [0.4, 0.5) is 17.1 Å². The first-order valence-corrected chi connectivity index (χ1v) is 9.70. The van der Waals surface area contributed by atoms with Crippen LogP contribution in [0.5, 0.6) is 0 Å². The van der Waals surface area contributed by atoms with Gasteiger partial charge in [-0.05, 0) is 36.4 Å². The molecule has 2 aromatic rings. The molecule has 2 aromatic carbocycles. The van der Waals surface area contributed by atoms with E-state index in [1.165, 1.54) is 0 Å². The van der Waals surface area contributed by atoms with Crippen molar-refractivity contribution >= 4 is 44.6 Å². The van der Waals surface area contributed by atoms with E-state index in [0.29, 0.717) is 16.4 Å². The molecule has 0 aliphatic carbocycles. The molecule has 1 amide bonds. The average molecular weight is 382 g/mol. The molecule has 0 unspecified atom stereocenters. The summed E-state index contributed by atoms with van der Waals surface area (Å²) in [5, 5.41) is 3.01. The smallest absolute Gasteiger partial charge is 0.245 e. The minimum atomic E-state index is -3.62. The van der Waals surface area contributed by atoms with Crippen molar-refractivity contribution in [2.24, 2.45) is 0 Å². The molecule has 0 spiro atoms. The maximum absolute atomic E-state index is 12.3. The molecule has 0 saturated carbocycles. The van der Waals surface area contributed by atoms with Crippen LogP contribution < -0.4 is 14.5 Å². The van der Waals surface area contributed by atoms with E-state index in [0.717, 1.165) is 16.2 Å². The van der Waals surface area contributed by atoms with Crippen LogP contribution in [0.25, 0.3) is 0 Å². The number of para-hydroxylation sites is 1. The van der Waals surface area contributed by atoms with Crippen LogP contribution in [0.3, 0.4) is 0 Å². The summed E-state index contributed by atoms with van der Waals surface area (Å²) in [5.41, 5.74) is 1.78. The largest absolute Gasteiger partial charge is 0.378 e. The van der Waals surface area contributed by atoms with Crippen LogP contribution in [0.2, 0.25) is 5.02 Å². The highest BCUT2D eigenvalue weighted by atomic mass is 35.5. The fourth-order valence-corrected chi connectivity index (χ4v) is 3.24. The zero-order chi connectivity index (χ0) is 18.6. The highest BCUT2D eigenvalue weighted by Gasteiger charge is 2.21. The quantitative estimate of drug-likeness (QED) is 0.835. The highest BCUT2D eigenvalue weighted by molar-refractivity contribution is 7.92. The van der Waals surface area contributed by atoms with Crippen molar-refractivity contribution in [1.82, 2.24) is 0 Å². The summed E-state index contributed by atoms with van der Waals surface area (Å²) >= 11 is 6.01. The second-order valence-corrected chi connectivity index (χ2v) is 8.02. The van der Waals surface area contributed by atoms with E-state index in [2.05, 4.69) is 5.32 Å². The molecule has 6 nitrogen and oxygen atoms in total. The number of nitrogens with one attached hydrogen (secondary N) is 1. The summed E-state index contributed by atoms with van der Waals surface area (Å²) in [6, 6.07) is 13.7. The first kappa shape index (κ1) is 19.1. The Balaban J connectivity index is 2.21. The van der Waals surface area contributed by atoms with E-state index in [1.54, 1.807) is 48.5 Å². The Morgan fingerprint density at radius 3 is 2.12 bits per heavy atom. The van der Waals surface area contributed by atoms with Gasteiger partial charge in [-0.2, -0.15) is 0 Å². The number of carbonyl (C=O) groups is 1. The number of hydrogen-bond acceptors (Lipinski definition) is 4. The first-order chi connectivity index (χ1) is 11.7. The van der Waals surface area contributed by atoms with E-state index < -0.39 is 15.9 Å². The van der Waals surface area contributed by atoms with Gasteiger partial charge in [0.25, 0.3) is 0 Å². The fraction of sp³-hybridized carbons (Fsp3) is 0.235. The van der Waals surface area contributed by atoms with Crippen molar-refractivity contribution < 1.29 is 13.2 Å². The normalized spacial score (nSPS) is 11.0. The lowest BCUT2D eigenvalue weighted by atomic mass is 10.2. The van der Waals surface area contributed by atoms with Crippen molar-refractivity contribution in [2.75, 3.05) is 41.4 Å². The Labute approximate surface area is 153 Å². The summed E-state index contributed by atoms with van der Waals surface area (Å²) in [6.07, 6.45) is 1.07. The molecular weight excluding hydrogens is 362 g/mol. The Kier molecular flexibility index (Phi) is 5.92. The molecule has 25 heavy (non-hydrogen) atoms. The Morgan fingerprint density at radius 1 is 1.04 bits per heavy atom. The maximum atomic E-state index is 12.3. The molecule has 0 atom stereocenters. The summed E-state index contributed by atoms with van der Waals surface area (Å²) in [5.74, 6) is -0.477. The summed E-state index contributed by atoms with van der Waals surface area (Å²) < 4.78 is 25.3. The van der Waals surface area contributed by atoms with Crippen LogP contribution in [0.1, 0.15) is 0 Å². The van der Waals surface area contributed by atoms with Crippen molar-refractivity contribution in [1.29, 1.82) is 0 Å². The van der Waals surface area contributed by atoms with Gasteiger partial charge in [-0.15, -0.1) is 0 Å². The minimum absolute atomic E-state index is 0.342. The number of anilines is 3. The van der Waals surface area contributed by atoms with E-state index in [9.17, 15) is 13.2 Å². The SMILES string of the molecule is CN(C)c1ccc(N(CC(=O)Nc2ccccc2Cl)S(C)(=O)=O)cc1. The van der Waals surface area contributed by atoms with Crippen molar-refractivity contribution in [3.63, 3.8) is 0 Å². The van der Waals surface area contributed by atoms with Crippen LogP contribution >= 0.6 is 11.6 Å². The van der Waals surface area contributed by atoms with Crippen LogP contribution in [-0.4, -0.2) is 41.2 Å². The van der Waals surface area contributed by atoms with Gasteiger partial charge in [-0.1, -0.05) is 23.7 Å². The predicted octanol–water partition coefficient (Wildman–Crippen LogP) is 2.81. The van der Waals surface area contributed by atoms with Gasteiger partial charge >= 0.3 is 0 Å². The molecule has 0 aromatic heterocycles. The third-order valence-electron chi connectivity index (χ3n) is 3.49. The molecule has 0 heterocycles. The van der Waals surface area contributed by atoms with Gasteiger partial charge in [0.05, 0.1) is 22.7 Å². The summed E-state index contributed by atoms with van der Waals surface area (Å²) in [7, 11) is 0.156. The number of sulfonamides is 1. The van der Waals surface area contributed by atoms with Gasteiger partial charge in [0.2, 0.25) is 15.9 Å². The molecule has 1 N–H and O–H groups in total. The predicted molar refractivity (Wildman–Crippen MR) is 103 cm³/mol. The topological polar surface area (TPSA) is 69.7 Å². The molecule has 0 aliphatic rings. The second kappa shape index (κ2) is 7.76. The van der Waals surface area contributed by atoms with Gasteiger partial charge in [-0.3, -0.25) is 9.10 Å². The number of carbonyl (C=O) groups excluding carboxylic acids is 1. The third kappa shape index (κ3) is 5.11. The van der Waals surface area contributed by atoms with E-state index in [1.807, 2.05) is 19.0 Å². The number of rotatable bonds is 6. The van der Waals surface area contributed by atoms with Crippen molar-refractivity contribution in [3.05, 3.63) is 53.6 Å². The lowest BCUT2D eigenvalue weighted by molar-refractivity contribution is -0.114. The van der Waals surface area contributed by atoms with Crippen LogP contribution in [-0.2, 0) is 14.8 Å². The average Bonchev–Trinajstić information content (AvgIpc) is 2.54. The molecule has 0 fully saturated rings. The van der Waals surface area contributed by atoms with Gasteiger partial charge < -0.3 is 10.2 Å². The lowest BCUT2D eigenvalue weighted by Crippen LogP contribution is -2.37. The van der Waals surface area contributed by atoms with E-state index >= 15 is 0 Å². The number of benzene rings is 2. The standard InChI is InChI=1S/C17H20ClN3O3S/c1-20(2)13-8-10-14(11-9-13)21(25(3,23)24)12-17(22)19-16-7-5-4-6-15(16)18/h4-11H,12H2,1-3H3,(H,19,22). The number of amides is 1. The van der Waals surface area contributed by atoms with Gasteiger partial charge in [-0.25, -0.2) is 8.42 Å². The molecule has 134 valence electrons. The summed E-state index contributed by atoms with van der Waals surface area (Å²) in [6.45, 7) is -0.342. The van der Waals surface area contributed by atoms with E-state index in [4.69, 9.17) is 11.6 Å². The van der Waals surface area contributed by atoms with Crippen molar-refractivity contribution in [3.8, 4) is 0 Å². The van der Waals surface area contributed by atoms with Gasteiger partial charge in [0.1, 0.15) is 6.54 Å². The number of nitrogens with zero attached hydrogens (tertiary/aromatic N) is 2. The fourth-order valence-electron chi connectivity index (χ4n) is 2.20. The van der Waals surface area contributed by atoms with Crippen LogP contribution in [0, 0.1) is 0 Å². The van der Waals surface area contributed by atoms with Gasteiger partial charge in [0.15, 0.2) is 0 Å². The Morgan fingerprint density at radius 2 is 1.60 bits per heavy atom. The van der Waals surface area contributed by atoms with Crippen LogP contribution in [0.15, 0.2) is 48.5 Å². The molecule has 0 radical (unpaired) electrons. The summed E-state index contributed by atoms with van der Waals surface area (Å²) in [4.78, 5) is 14.2. The third-order valence-corrected chi connectivity index (χ3v) is 4.96. The lowest BCUT2D eigenvalue weighted by Gasteiger charge is -2.23. The van der Waals surface area contributed by atoms with Gasteiger partial charge in [0, 0.05) is 19.8 Å². The first-order valence-electron chi connectivity index (χ1n) is 7.48. The zero-order valence-electron chi connectivity index (χ0n) is 14.2. The Hall–Kier alpha value is -2.25. The molecule has 0 saturated heterocycles. The zero-order valence-corrected chi connectivity index (χ0v) is 15.8. The van der Waals surface area contributed by atoms with E-state index in [-0.39, 0.29) is 6.54 Å². The Bertz CT molecular complexity index is 852. The number of halogens is 1. The highest BCUT2D eigenvalue weighted by Crippen LogP contribution is 2.23. The molecule has 2 rings (SSSR count). The molecule has 0 aliphatic heterocycles. The molecule has 8 heteroatoms. The monoisotopic (exact) mass is 381 g/mol. The van der Waals surface area contributed by atoms with Crippen molar-refractivity contribution in [2.45, 2.75) is 0 Å².